The third kappa shape index (κ3) is 4.46. The van der Waals surface area contributed by atoms with Crippen LogP contribution in [0.5, 0.6) is 0 Å². The molecule has 1 aliphatic rings. The van der Waals surface area contributed by atoms with Gasteiger partial charge in [0.25, 0.3) is 5.56 Å². The smallest absolute Gasteiger partial charge is 0.255 e. The van der Waals surface area contributed by atoms with Gasteiger partial charge in [-0.05, 0) is 42.0 Å². The van der Waals surface area contributed by atoms with E-state index in [9.17, 15) is 9.59 Å². The number of hydrogen-bond donors (Lipinski definition) is 1. The third-order valence-electron chi connectivity index (χ3n) is 6.49. The molecule has 5 rings (SSSR count). The van der Waals surface area contributed by atoms with Crippen molar-refractivity contribution in [3.05, 3.63) is 92.2 Å². The van der Waals surface area contributed by atoms with E-state index in [4.69, 9.17) is 40.5 Å². The van der Waals surface area contributed by atoms with Crippen molar-refractivity contribution < 1.29 is 4.79 Å². The summed E-state index contributed by atoms with van der Waals surface area (Å²) in [6, 6.07) is 20.1. The lowest BCUT2D eigenvalue weighted by atomic mass is 9.98. The first-order valence-corrected chi connectivity index (χ1v) is 12.6. The zero-order valence-electron chi connectivity index (χ0n) is 19.3. The molecule has 0 unspecified atom stereocenters. The van der Waals surface area contributed by atoms with Gasteiger partial charge >= 0.3 is 0 Å². The monoisotopic (exact) mass is 540 g/mol. The minimum Gasteiger partial charge on any atom is -0.368 e. The Morgan fingerprint density at radius 1 is 0.806 bits per heavy atom. The number of halogens is 3. The number of pyridine rings is 1. The summed E-state index contributed by atoms with van der Waals surface area (Å²) in [6.07, 6.45) is 0. The van der Waals surface area contributed by atoms with Crippen LogP contribution in [0.2, 0.25) is 15.1 Å². The van der Waals surface area contributed by atoms with E-state index in [1.807, 2.05) is 30.3 Å². The molecule has 2 heterocycles. The van der Waals surface area contributed by atoms with E-state index in [-0.39, 0.29) is 18.0 Å². The fraction of sp³-hybridized carbons (Fsp3) is 0.185. The van der Waals surface area contributed by atoms with Crippen molar-refractivity contribution in [3.8, 4) is 16.8 Å². The highest BCUT2D eigenvalue weighted by molar-refractivity contribution is 6.38. The molecule has 0 saturated carbocycles. The Bertz CT molecular complexity index is 1510. The van der Waals surface area contributed by atoms with Crippen molar-refractivity contribution in [2.24, 2.45) is 5.73 Å². The number of anilines is 1. The second-order valence-corrected chi connectivity index (χ2v) is 9.78. The number of carbonyl (C=O) groups is 1. The SMILES string of the molecule is NCC(=O)N1CCN(c2cc(-c3ccccc3Cl)c3ccc(=O)n(-c4c(Cl)cccc4Cl)c3c2)CC1. The van der Waals surface area contributed by atoms with Gasteiger partial charge in [-0.2, -0.15) is 0 Å². The molecule has 1 aromatic heterocycles. The van der Waals surface area contributed by atoms with Crippen LogP contribution in [0.3, 0.4) is 0 Å². The van der Waals surface area contributed by atoms with Crippen LogP contribution in [0.25, 0.3) is 27.7 Å². The van der Waals surface area contributed by atoms with Crippen molar-refractivity contribution >= 4 is 57.3 Å². The predicted molar refractivity (Wildman–Crippen MR) is 148 cm³/mol. The molecule has 0 bridgehead atoms. The van der Waals surface area contributed by atoms with E-state index < -0.39 is 0 Å². The van der Waals surface area contributed by atoms with Crippen molar-refractivity contribution in [2.75, 3.05) is 37.6 Å². The number of piperazine rings is 1. The van der Waals surface area contributed by atoms with Crippen molar-refractivity contribution in [1.82, 2.24) is 9.47 Å². The maximum absolute atomic E-state index is 13.2. The largest absolute Gasteiger partial charge is 0.368 e. The Morgan fingerprint density at radius 3 is 2.14 bits per heavy atom. The highest BCUT2D eigenvalue weighted by Gasteiger charge is 2.23. The fourth-order valence-electron chi connectivity index (χ4n) is 4.69. The van der Waals surface area contributed by atoms with Crippen LogP contribution in [0.1, 0.15) is 0 Å². The summed E-state index contributed by atoms with van der Waals surface area (Å²) in [7, 11) is 0. The van der Waals surface area contributed by atoms with Crippen LogP contribution in [0.15, 0.2) is 71.5 Å². The van der Waals surface area contributed by atoms with Gasteiger partial charge in [0, 0.05) is 53.9 Å². The lowest BCUT2D eigenvalue weighted by molar-refractivity contribution is -0.129. The van der Waals surface area contributed by atoms with Crippen molar-refractivity contribution in [1.29, 1.82) is 0 Å². The zero-order valence-corrected chi connectivity index (χ0v) is 21.5. The van der Waals surface area contributed by atoms with E-state index in [1.165, 1.54) is 6.07 Å². The summed E-state index contributed by atoms with van der Waals surface area (Å²) in [5.74, 6) is -0.0629. The molecule has 1 fully saturated rings. The molecule has 6 nitrogen and oxygen atoms in total. The third-order valence-corrected chi connectivity index (χ3v) is 7.43. The van der Waals surface area contributed by atoms with Crippen molar-refractivity contribution in [2.45, 2.75) is 0 Å². The normalized spacial score (nSPS) is 13.9. The number of benzene rings is 3. The van der Waals surface area contributed by atoms with Gasteiger partial charge in [0.1, 0.15) is 0 Å². The van der Waals surface area contributed by atoms with Gasteiger partial charge in [0.15, 0.2) is 0 Å². The van der Waals surface area contributed by atoms with Crippen LogP contribution in [0, 0.1) is 0 Å². The summed E-state index contributed by atoms with van der Waals surface area (Å²) < 4.78 is 1.55. The fourth-order valence-corrected chi connectivity index (χ4v) is 5.50. The highest BCUT2D eigenvalue weighted by Crippen LogP contribution is 2.38. The molecule has 0 spiro atoms. The molecule has 1 aliphatic heterocycles. The van der Waals surface area contributed by atoms with Crippen LogP contribution in [0.4, 0.5) is 5.69 Å². The summed E-state index contributed by atoms with van der Waals surface area (Å²) >= 11 is 19.7. The Morgan fingerprint density at radius 2 is 1.47 bits per heavy atom. The molecule has 184 valence electrons. The topological polar surface area (TPSA) is 71.6 Å². The minimum absolute atomic E-state index is 0.00248. The summed E-state index contributed by atoms with van der Waals surface area (Å²) in [6.45, 7) is 2.38. The number of nitrogens with zero attached hydrogens (tertiary/aromatic N) is 3. The van der Waals surface area contributed by atoms with Crippen LogP contribution >= 0.6 is 34.8 Å². The number of fused-ring (bicyclic) bond motifs is 1. The Hall–Kier alpha value is -3.03. The number of amides is 1. The minimum atomic E-state index is -0.252. The van der Waals surface area contributed by atoms with E-state index >= 15 is 0 Å². The maximum atomic E-state index is 13.2. The second kappa shape index (κ2) is 10.1. The number of hydrogen-bond acceptors (Lipinski definition) is 4. The summed E-state index contributed by atoms with van der Waals surface area (Å²) in [4.78, 5) is 29.3. The molecular formula is C27H23Cl3N4O2. The standard InChI is InChI=1S/C27H23Cl3N4O2/c28-21-5-2-1-4-18(21)20-14-17(32-10-12-33(13-11-32)26(36)16-31)15-24-19(20)8-9-25(35)34(24)27-22(29)6-3-7-23(27)30/h1-9,14-15H,10-13,16,31H2. The molecule has 0 aliphatic carbocycles. The summed E-state index contributed by atoms with van der Waals surface area (Å²) in [5, 5.41) is 2.17. The van der Waals surface area contributed by atoms with E-state index in [0.717, 1.165) is 22.2 Å². The summed E-state index contributed by atoms with van der Waals surface area (Å²) in [5.41, 5.74) is 9.01. The first-order valence-electron chi connectivity index (χ1n) is 11.5. The van der Waals surface area contributed by atoms with E-state index in [2.05, 4.69) is 11.0 Å². The number of carbonyl (C=O) groups excluding carboxylic acids is 1. The number of aromatic nitrogens is 1. The Labute approximate surface area is 223 Å². The number of rotatable bonds is 4. The molecule has 1 saturated heterocycles. The molecular weight excluding hydrogens is 519 g/mol. The number of para-hydroxylation sites is 1. The first-order chi connectivity index (χ1) is 17.4. The lowest BCUT2D eigenvalue weighted by Gasteiger charge is -2.36. The quantitative estimate of drug-likeness (QED) is 0.384. The van der Waals surface area contributed by atoms with E-state index in [1.54, 1.807) is 33.7 Å². The average molecular weight is 542 g/mol. The first kappa shape index (κ1) is 24.7. The Balaban J connectivity index is 1.75. The van der Waals surface area contributed by atoms with Gasteiger partial charge in [-0.1, -0.05) is 59.1 Å². The van der Waals surface area contributed by atoms with Crippen LogP contribution in [-0.4, -0.2) is 48.1 Å². The zero-order chi connectivity index (χ0) is 25.4. The van der Waals surface area contributed by atoms with Gasteiger partial charge in [-0.3, -0.25) is 14.2 Å². The molecule has 3 aromatic carbocycles. The second-order valence-electron chi connectivity index (χ2n) is 8.56. The number of nitrogens with two attached hydrogens (primary N) is 1. The van der Waals surface area contributed by atoms with Gasteiger partial charge in [-0.15, -0.1) is 0 Å². The molecule has 9 heteroatoms. The van der Waals surface area contributed by atoms with E-state index in [0.29, 0.717) is 52.5 Å². The lowest BCUT2D eigenvalue weighted by Crippen LogP contribution is -2.50. The average Bonchev–Trinajstić information content (AvgIpc) is 2.89. The highest BCUT2D eigenvalue weighted by atomic mass is 35.5. The van der Waals surface area contributed by atoms with Gasteiger partial charge in [-0.25, -0.2) is 0 Å². The van der Waals surface area contributed by atoms with Gasteiger partial charge in [0.05, 0.1) is 27.8 Å². The van der Waals surface area contributed by atoms with Crippen molar-refractivity contribution in [3.63, 3.8) is 0 Å². The molecule has 0 atom stereocenters. The predicted octanol–water partition coefficient (Wildman–Crippen LogP) is 5.23. The molecule has 1 amide bonds. The van der Waals surface area contributed by atoms with Crippen LogP contribution in [-0.2, 0) is 4.79 Å². The maximum Gasteiger partial charge on any atom is 0.255 e. The molecule has 4 aromatic rings. The Kier molecular flexibility index (Phi) is 6.95. The molecule has 2 N–H and O–H groups in total. The molecule has 36 heavy (non-hydrogen) atoms. The van der Waals surface area contributed by atoms with Crippen LogP contribution < -0.4 is 16.2 Å². The van der Waals surface area contributed by atoms with Gasteiger partial charge < -0.3 is 15.5 Å². The molecule has 0 radical (unpaired) electrons. The van der Waals surface area contributed by atoms with Gasteiger partial charge in [0.2, 0.25) is 5.91 Å².